The van der Waals surface area contributed by atoms with Crippen LogP contribution < -0.4 is 16.0 Å². The molecule has 1 heterocycles. The Morgan fingerprint density at radius 1 is 1.18 bits per heavy atom. The molecular formula is C16H20N3O2S+. The Labute approximate surface area is 133 Å². The van der Waals surface area contributed by atoms with Crippen molar-refractivity contribution in [1.29, 1.82) is 0 Å². The summed E-state index contributed by atoms with van der Waals surface area (Å²) >= 11 is 1.65. The summed E-state index contributed by atoms with van der Waals surface area (Å²) < 4.78 is 0. The van der Waals surface area contributed by atoms with Crippen molar-refractivity contribution >= 4 is 23.3 Å². The Balaban J connectivity index is 2.07. The second kappa shape index (κ2) is 8.31. The molecule has 0 radical (unpaired) electrons. The van der Waals surface area contributed by atoms with Gasteiger partial charge >= 0.3 is 6.03 Å². The highest BCUT2D eigenvalue weighted by molar-refractivity contribution is 7.09. The van der Waals surface area contributed by atoms with Crippen LogP contribution in [0.15, 0.2) is 47.8 Å². The average molecular weight is 318 g/mol. The van der Waals surface area contributed by atoms with E-state index in [4.69, 9.17) is 0 Å². The highest BCUT2D eigenvalue weighted by Crippen LogP contribution is 2.10. The van der Waals surface area contributed by atoms with Crippen molar-refractivity contribution in [3.05, 3.63) is 58.3 Å². The molecule has 2 aromatic rings. The van der Waals surface area contributed by atoms with Crippen LogP contribution in [-0.2, 0) is 11.3 Å². The van der Waals surface area contributed by atoms with Gasteiger partial charge in [-0.2, -0.15) is 0 Å². The van der Waals surface area contributed by atoms with Crippen LogP contribution in [0.4, 0.5) is 4.79 Å². The monoisotopic (exact) mass is 318 g/mol. The van der Waals surface area contributed by atoms with Crippen LogP contribution in [-0.4, -0.2) is 18.5 Å². The van der Waals surface area contributed by atoms with Crippen molar-refractivity contribution < 1.29 is 14.9 Å². The van der Waals surface area contributed by atoms with Crippen molar-refractivity contribution in [2.75, 3.05) is 6.54 Å². The number of nitrogens with two attached hydrogens (primary N) is 1. The van der Waals surface area contributed by atoms with Gasteiger partial charge in [-0.3, -0.25) is 10.1 Å². The maximum atomic E-state index is 12.4. The summed E-state index contributed by atoms with van der Waals surface area (Å²) in [7, 11) is 0. The van der Waals surface area contributed by atoms with E-state index in [-0.39, 0.29) is 5.91 Å². The highest BCUT2D eigenvalue weighted by atomic mass is 32.1. The minimum Gasteiger partial charge on any atom is -0.338 e. The third kappa shape index (κ3) is 4.68. The van der Waals surface area contributed by atoms with Gasteiger partial charge in [0.05, 0.1) is 4.88 Å². The maximum absolute atomic E-state index is 12.4. The Morgan fingerprint density at radius 3 is 2.59 bits per heavy atom. The number of hydrogen-bond donors (Lipinski definition) is 3. The normalized spacial score (nSPS) is 11.7. The van der Waals surface area contributed by atoms with Gasteiger partial charge < -0.3 is 10.6 Å². The van der Waals surface area contributed by atoms with E-state index < -0.39 is 12.1 Å². The van der Waals surface area contributed by atoms with E-state index in [1.165, 1.54) is 4.88 Å². The summed E-state index contributed by atoms with van der Waals surface area (Å²) in [6, 6.07) is 12.6. The minimum atomic E-state index is -0.460. The van der Waals surface area contributed by atoms with Crippen molar-refractivity contribution in [2.45, 2.75) is 19.5 Å². The largest absolute Gasteiger partial charge is 0.338 e. The maximum Gasteiger partial charge on any atom is 0.321 e. The average Bonchev–Trinajstić information content (AvgIpc) is 3.02. The second-order valence-corrected chi connectivity index (χ2v) is 5.79. The first-order valence-corrected chi connectivity index (χ1v) is 8.08. The summed E-state index contributed by atoms with van der Waals surface area (Å²) in [5.41, 5.74) is 0.876. The SMILES string of the molecule is CCNC(=O)NC(=O)[C@@H]([NH2+]Cc1cccs1)c1ccccc1. The number of hydrogen-bond acceptors (Lipinski definition) is 3. The van der Waals surface area contributed by atoms with E-state index in [9.17, 15) is 9.59 Å². The number of nitrogens with one attached hydrogen (secondary N) is 2. The zero-order valence-electron chi connectivity index (χ0n) is 12.4. The lowest BCUT2D eigenvalue weighted by Crippen LogP contribution is -2.86. The van der Waals surface area contributed by atoms with Gasteiger partial charge in [-0.1, -0.05) is 36.4 Å². The lowest BCUT2D eigenvalue weighted by atomic mass is 10.1. The predicted octanol–water partition coefficient (Wildman–Crippen LogP) is 1.40. The number of quaternary nitrogens is 1. The van der Waals surface area contributed by atoms with E-state index in [1.807, 2.05) is 60.1 Å². The number of urea groups is 1. The molecule has 0 spiro atoms. The molecule has 1 aromatic carbocycles. The van der Waals surface area contributed by atoms with Crippen LogP contribution in [0.5, 0.6) is 0 Å². The van der Waals surface area contributed by atoms with Crippen LogP contribution in [0.3, 0.4) is 0 Å². The third-order valence-electron chi connectivity index (χ3n) is 3.15. The van der Waals surface area contributed by atoms with Crippen molar-refractivity contribution in [2.24, 2.45) is 0 Å². The topological polar surface area (TPSA) is 74.8 Å². The standard InChI is InChI=1S/C16H19N3O2S/c1-2-17-16(21)19-15(20)14(12-7-4-3-5-8-12)18-11-13-9-6-10-22-13/h3-10,14,18H,2,11H2,1H3,(H2,17,19,20,21)/p+1/t14-/m0/s1. The van der Waals surface area contributed by atoms with Gasteiger partial charge in [0.15, 0.2) is 6.04 Å². The summed E-state index contributed by atoms with van der Waals surface area (Å²) in [5.74, 6) is -0.311. The number of imide groups is 1. The first-order valence-electron chi connectivity index (χ1n) is 7.20. The zero-order valence-corrected chi connectivity index (χ0v) is 13.2. The van der Waals surface area contributed by atoms with Gasteiger partial charge in [-0.25, -0.2) is 4.79 Å². The smallest absolute Gasteiger partial charge is 0.321 e. The molecule has 1 aromatic heterocycles. The molecule has 116 valence electrons. The lowest BCUT2D eigenvalue weighted by molar-refractivity contribution is -0.697. The molecule has 3 amide bonds. The molecule has 0 fully saturated rings. The van der Waals surface area contributed by atoms with Gasteiger partial charge in [0.1, 0.15) is 6.54 Å². The fourth-order valence-corrected chi connectivity index (χ4v) is 2.79. The first-order chi connectivity index (χ1) is 10.7. The fraction of sp³-hybridized carbons (Fsp3) is 0.250. The fourth-order valence-electron chi connectivity index (χ4n) is 2.11. The lowest BCUT2D eigenvalue weighted by Gasteiger charge is -2.15. The van der Waals surface area contributed by atoms with Crippen LogP contribution in [0.25, 0.3) is 0 Å². The number of thiophene rings is 1. The van der Waals surface area contributed by atoms with Crippen LogP contribution in [0, 0.1) is 0 Å². The van der Waals surface area contributed by atoms with Crippen LogP contribution in [0.2, 0.25) is 0 Å². The summed E-state index contributed by atoms with van der Waals surface area (Å²) in [6.45, 7) is 2.98. The molecule has 0 bridgehead atoms. The molecule has 4 N–H and O–H groups in total. The highest BCUT2D eigenvalue weighted by Gasteiger charge is 2.25. The molecule has 1 atom stereocenters. The Kier molecular flexibility index (Phi) is 6.12. The molecule has 0 aliphatic rings. The minimum absolute atomic E-state index is 0.311. The Morgan fingerprint density at radius 2 is 1.95 bits per heavy atom. The quantitative estimate of drug-likeness (QED) is 0.753. The molecule has 0 aliphatic heterocycles. The molecule has 2 rings (SSSR count). The predicted molar refractivity (Wildman–Crippen MR) is 86.3 cm³/mol. The van der Waals surface area contributed by atoms with E-state index in [2.05, 4.69) is 10.6 Å². The number of amides is 3. The molecule has 0 unspecified atom stereocenters. The Hall–Kier alpha value is -2.18. The number of carbonyl (C=O) groups excluding carboxylic acids is 2. The molecule has 0 saturated carbocycles. The van der Waals surface area contributed by atoms with E-state index in [0.29, 0.717) is 13.1 Å². The van der Waals surface area contributed by atoms with Gasteiger partial charge in [0.25, 0.3) is 5.91 Å². The molecule has 0 aliphatic carbocycles. The molecule has 5 nitrogen and oxygen atoms in total. The van der Waals surface area contributed by atoms with E-state index >= 15 is 0 Å². The first kappa shape index (κ1) is 16.2. The van der Waals surface area contributed by atoms with Gasteiger partial charge in [-0.05, 0) is 18.4 Å². The zero-order chi connectivity index (χ0) is 15.8. The number of benzene rings is 1. The van der Waals surface area contributed by atoms with Crippen molar-refractivity contribution in [3.63, 3.8) is 0 Å². The Bertz CT molecular complexity index is 599. The van der Waals surface area contributed by atoms with Crippen LogP contribution in [0.1, 0.15) is 23.4 Å². The molecule has 6 heteroatoms. The second-order valence-electron chi connectivity index (χ2n) is 4.76. The molecule has 22 heavy (non-hydrogen) atoms. The van der Waals surface area contributed by atoms with Crippen molar-refractivity contribution in [3.8, 4) is 0 Å². The number of rotatable bonds is 6. The number of carbonyl (C=O) groups is 2. The third-order valence-corrected chi connectivity index (χ3v) is 4.05. The van der Waals surface area contributed by atoms with E-state index in [0.717, 1.165) is 5.56 Å². The summed E-state index contributed by atoms with van der Waals surface area (Å²) in [4.78, 5) is 25.1. The van der Waals surface area contributed by atoms with Gasteiger partial charge in [-0.15, -0.1) is 11.3 Å². The summed E-state index contributed by atoms with van der Waals surface area (Å²) in [5, 5.41) is 8.91. The summed E-state index contributed by atoms with van der Waals surface area (Å²) in [6.07, 6.45) is 0. The van der Waals surface area contributed by atoms with E-state index in [1.54, 1.807) is 11.3 Å². The van der Waals surface area contributed by atoms with Gasteiger partial charge in [0.2, 0.25) is 0 Å². The molecule has 0 saturated heterocycles. The van der Waals surface area contributed by atoms with Crippen molar-refractivity contribution in [1.82, 2.24) is 10.6 Å². The molecular weight excluding hydrogens is 298 g/mol. The van der Waals surface area contributed by atoms with Crippen LogP contribution >= 0.6 is 11.3 Å². The van der Waals surface area contributed by atoms with Gasteiger partial charge in [0, 0.05) is 12.1 Å².